The van der Waals surface area contributed by atoms with E-state index in [1.54, 1.807) is 6.92 Å². The number of nitrogen functional groups attached to an aromatic ring is 1. The fraction of sp³-hybridized carbons (Fsp3) is 0.429. The van der Waals surface area contributed by atoms with E-state index >= 15 is 0 Å². The van der Waals surface area contributed by atoms with Crippen molar-refractivity contribution in [3.05, 3.63) is 24.3 Å². The number of hydrogen-bond donors (Lipinski definition) is 2. The maximum absolute atomic E-state index is 11.9. The number of nitrogens with two attached hydrogens (primary N) is 1. The molecule has 1 aromatic carbocycles. The van der Waals surface area contributed by atoms with Crippen molar-refractivity contribution >= 4 is 23.4 Å². The molecule has 0 radical (unpaired) electrons. The highest BCUT2D eigenvalue weighted by Gasteiger charge is 2.42. The van der Waals surface area contributed by atoms with Gasteiger partial charge >= 0.3 is 0 Å². The zero-order valence-electron chi connectivity index (χ0n) is 10.8. The van der Waals surface area contributed by atoms with Crippen LogP contribution in [0.15, 0.2) is 29.2 Å². The lowest BCUT2D eigenvalue weighted by Crippen LogP contribution is -2.47. The molecule has 1 aliphatic carbocycles. The molecule has 0 saturated heterocycles. The third-order valence-corrected chi connectivity index (χ3v) is 4.39. The molecule has 0 bridgehead atoms. The summed E-state index contributed by atoms with van der Waals surface area (Å²) in [6, 6.07) is 9.66. The van der Waals surface area contributed by atoms with E-state index in [0.29, 0.717) is 11.6 Å². The summed E-state index contributed by atoms with van der Waals surface area (Å²) in [7, 11) is 0. The molecule has 1 unspecified atom stereocenters. The molecule has 0 aromatic heterocycles. The molecule has 1 amide bonds. The highest BCUT2D eigenvalue weighted by molar-refractivity contribution is 8.00. The van der Waals surface area contributed by atoms with Gasteiger partial charge in [0.15, 0.2) is 0 Å². The molecule has 2 rings (SSSR count). The summed E-state index contributed by atoms with van der Waals surface area (Å²) in [5.74, 6) is 0.454. The first-order chi connectivity index (χ1) is 9.05. The number of anilines is 1. The Labute approximate surface area is 117 Å². The summed E-state index contributed by atoms with van der Waals surface area (Å²) < 4.78 is 0. The number of rotatable bonds is 5. The minimum atomic E-state index is -0.722. The van der Waals surface area contributed by atoms with Crippen LogP contribution in [0.1, 0.15) is 19.8 Å². The largest absolute Gasteiger partial charge is 0.398 e. The second-order valence-corrected chi connectivity index (χ2v) is 5.98. The zero-order chi connectivity index (χ0) is 13.9. The Balaban J connectivity index is 1.88. The molecule has 3 N–H and O–H groups in total. The number of hydrogen-bond acceptors (Lipinski definition) is 4. The Hall–Kier alpha value is -1.67. The monoisotopic (exact) mass is 275 g/mol. The number of nitrogens with zero attached hydrogens (tertiary/aromatic N) is 1. The predicted molar refractivity (Wildman–Crippen MR) is 76.5 cm³/mol. The number of nitrogens with one attached hydrogen (secondary N) is 1. The van der Waals surface area contributed by atoms with Gasteiger partial charge in [-0.15, -0.1) is 11.8 Å². The first-order valence-electron chi connectivity index (χ1n) is 6.25. The van der Waals surface area contributed by atoms with Crippen LogP contribution in [0.2, 0.25) is 0 Å². The van der Waals surface area contributed by atoms with Crippen molar-refractivity contribution in [1.82, 2.24) is 5.32 Å². The van der Waals surface area contributed by atoms with E-state index in [1.807, 2.05) is 24.3 Å². The van der Waals surface area contributed by atoms with Crippen molar-refractivity contribution < 1.29 is 4.79 Å². The topological polar surface area (TPSA) is 78.9 Å². The Kier molecular flexibility index (Phi) is 4.01. The minimum absolute atomic E-state index is 0.121. The van der Waals surface area contributed by atoms with E-state index in [-0.39, 0.29) is 11.7 Å². The number of carbonyl (C=O) groups is 1. The SMILES string of the molecule is CC(C#N)(NC(=O)CSc1ccccc1N)C1CC1. The molecule has 0 heterocycles. The highest BCUT2D eigenvalue weighted by Crippen LogP contribution is 2.39. The first kappa shape index (κ1) is 13.8. The van der Waals surface area contributed by atoms with Crippen molar-refractivity contribution in [2.24, 2.45) is 5.92 Å². The van der Waals surface area contributed by atoms with Gasteiger partial charge in [-0.05, 0) is 37.8 Å². The number of thioether (sulfide) groups is 1. The Morgan fingerprint density at radius 2 is 2.26 bits per heavy atom. The van der Waals surface area contributed by atoms with Gasteiger partial charge in [-0.2, -0.15) is 5.26 Å². The van der Waals surface area contributed by atoms with E-state index in [9.17, 15) is 10.1 Å². The maximum atomic E-state index is 11.9. The van der Waals surface area contributed by atoms with Crippen LogP contribution in [-0.4, -0.2) is 17.2 Å². The van der Waals surface area contributed by atoms with Crippen molar-refractivity contribution in [3.63, 3.8) is 0 Å². The smallest absolute Gasteiger partial charge is 0.231 e. The van der Waals surface area contributed by atoms with Crippen LogP contribution in [0.5, 0.6) is 0 Å². The van der Waals surface area contributed by atoms with Crippen LogP contribution in [0, 0.1) is 17.2 Å². The van der Waals surface area contributed by atoms with E-state index in [0.717, 1.165) is 17.7 Å². The molecule has 1 atom stereocenters. The lowest BCUT2D eigenvalue weighted by atomic mass is 9.98. The molecule has 1 saturated carbocycles. The molecule has 1 fully saturated rings. The fourth-order valence-electron chi connectivity index (χ4n) is 1.96. The normalized spacial score (nSPS) is 17.3. The molecule has 1 aliphatic rings. The minimum Gasteiger partial charge on any atom is -0.398 e. The molecule has 4 nitrogen and oxygen atoms in total. The van der Waals surface area contributed by atoms with Crippen molar-refractivity contribution in [2.75, 3.05) is 11.5 Å². The van der Waals surface area contributed by atoms with Crippen LogP contribution in [0.25, 0.3) is 0 Å². The summed E-state index contributed by atoms with van der Waals surface area (Å²) >= 11 is 1.39. The van der Waals surface area contributed by atoms with Crippen LogP contribution < -0.4 is 11.1 Å². The van der Waals surface area contributed by atoms with Gasteiger partial charge < -0.3 is 11.1 Å². The summed E-state index contributed by atoms with van der Waals surface area (Å²) in [6.07, 6.45) is 2.03. The van der Waals surface area contributed by atoms with Crippen molar-refractivity contribution in [2.45, 2.75) is 30.2 Å². The standard InChI is InChI=1S/C14H17N3OS/c1-14(9-15,10-6-7-10)17-13(18)8-19-12-5-3-2-4-11(12)16/h2-5,10H,6-8,16H2,1H3,(H,17,18). The maximum Gasteiger partial charge on any atom is 0.231 e. The average molecular weight is 275 g/mol. The molecule has 0 spiro atoms. The second-order valence-electron chi connectivity index (χ2n) is 4.96. The Morgan fingerprint density at radius 3 is 2.84 bits per heavy atom. The van der Waals surface area contributed by atoms with E-state index in [2.05, 4.69) is 11.4 Å². The Bertz CT molecular complexity index is 522. The third-order valence-electron chi connectivity index (χ3n) is 3.30. The van der Waals surface area contributed by atoms with Crippen molar-refractivity contribution in [3.8, 4) is 6.07 Å². The molecular weight excluding hydrogens is 258 g/mol. The highest BCUT2D eigenvalue weighted by atomic mass is 32.2. The molecule has 100 valence electrons. The van der Waals surface area contributed by atoms with Gasteiger partial charge in [-0.3, -0.25) is 4.79 Å². The van der Waals surface area contributed by atoms with Crippen LogP contribution >= 0.6 is 11.8 Å². The molecule has 1 aromatic rings. The van der Waals surface area contributed by atoms with Gasteiger partial charge in [0.1, 0.15) is 5.54 Å². The van der Waals surface area contributed by atoms with Gasteiger partial charge in [0.05, 0.1) is 11.8 Å². The summed E-state index contributed by atoms with van der Waals surface area (Å²) in [4.78, 5) is 12.8. The first-order valence-corrected chi connectivity index (χ1v) is 7.23. The van der Waals surface area contributed by atoms with E-state index in [1.165, 1.54) is 11.8 Å². The molecule has 5 heteroatoms. The fourth-order valence-corrected chi connectivity index (χ4v) is 2.73. The van der Waals surface area contributed by atoms with Crippen LogP contribution in [0.3, 0.4) is 0 Å². The number of amides is 1. The van der Waals surface area contributed by atoms with E-state index in [4.69, 9.17) is 5.73 Å². The molecule has 0 aliphatic heterocycles. The Morgan fingerprint density at radius 1 is 1.58 bits per heavy atom. The molecular formula is C14H17N3OS. The van der Waals surface area contributed by atoms with Crippen LogP contribution in [0.4, 0.5) is 5.69 Å². The number of para-hydroxylation sites is 1. The van der Waals surface area contributed by atoms with E-state index < -0.39 is 5.54 Å². The van der Waals surface area contributed by atoms with Gasteiger partial charge in [-0.25, -0.2) is 0 Å². The van der Waals surface area contributed by atoms with Gasteiger partial charge in [-0.1, -0.05) is 12.1 Å². The lowest BCUT2D eigenvalue weighted by molar-refractivity contribution is -0.119. The zero-order valence-corrected chi connectivity index (χ0v) is 11.7. The quantitative estimate of drug-likeness (QED) is 0.637. The number of benzene rings is 1. The predicted octanol–water partition coefficient (Wildman–Crippen LogP) is 2.17. The number of nitriles is 1. The lowest BCUT2D eigenvalue weighted by Gasteiger charge is -2.22. The van der Waals surface area contributed by atoms with Crippen molar-refractivity contribution in [1.29, 1.82) is 5.26 Å². The summed E-state index contributed by atoms with van der Waals surface area (Å²) in [5.41, 5.74) is 5.76. The van der Waals surface area contributed by atoms with Gasteiger partial charge in [0.25, 0.3) is 0 Å². The molecule has 19 heavy (non-hydrogen) atoms. The summed E-state index contributed by atoms with van der Waals surface area (Å²) in [5, 5.41) is 12.0. The number of carbonyl (C=O) groups excluding carboxylic acids is 1. The van der Waals surface area contributed by atoms with Crippen LogP contribution in [-0.2, 0) is 4.79 Å². The summed E-state index contributed by atoms with van der Waals surface area (Å²) in [6.45, 7) is 1.80. The second kappa shape index (κ2) is 5.54. The third kappa shape index (κ3) is 3.42. The van der Waals surface area contributed by atoms with Gasteiger partial charge in [0, 0.05) is 10.6 Å². The average Bonchev–Trinajstić information content (AvgIpc) is 3.22. The van der Waals surface area contributed by atoms with Gasteiger partial charge in [0.2, 0.25) is 5.91 Å².